The molecule has 94 valence electrons. The second-order valence-corrected chi connectivity index (χ2v) is 5.30. The van der Waals surface area contributed by atoms with Crippen LogP contribution in [0.25, 0.3) is 10.7 Å². The molecule has 1 aliphatic heterocycles. The Morgan fingerprint density at radius 1 is 1.22 bits per heavy atom. The molecule has 1 saturated heterocycles. The minimum absolute atomic E-state index is 0.895. The number of aromatic nitrogens is 3. The van der Waals surface area contributed by atoms with Crippen molar-refractivity contribution in [3.63, 3.8) is 0 Å². The molecule has 0 bridgehead atoms. The molecule has 0 atom stereocenters. The van der Waals surface area contributed by atoms with Crippen LogP contribution in [0.5, 0.6) is 0 Å². The molecule has 3 rings (SSSR count). The van der Waals surface area contributed by atoms with Crippen molar-refractivity contribution in [2.24, 2.45) is 0 Å². The van der Waals surface area contributed by atoms with E-state index in [1.54, 1.807) is 17.5 Å². The van der Waals surface area contributed by atoms with E-state index in [2.05, 4.69) is 25.4 Å². The van der Waals surface area contributed by atoms with Gasteiger partial charge in [-0.25, -0.2) is 0 Å². The second kappa shape index (κ2) is 5.51. The zero-order chi connectivity index (χ0) is 12.2. The van der Waals surface area contributed by atoms with Gasteiger partial charge in [0.05, 0.1) is 6.54 Å². The predicted molar refractivity (Wildman–Crippen MR) is 71.3 cm³/mol. The fourth-order valence-electron chi connectivity index (χ4n) is 1.97. The van der Waals surface area contributed by atoms with Crippen LogP contribution in [0.2, 0.25) is 0 Å². The van der Waals surface area contributed by atoms with Crippen molar-refractivity contribution in [2.45, 2.75) is 6.54 Å². The lowest BCUT2D eigenvalue weighted by molar-refractivity contribution is 0.232. The van der Waals surface area contributed by atoms with Gasteiger partial charge < -0.3 is 5.32 Å². The van der Waals surface area contributed by atoms with E-state index in [0.29, 0.717) is 0 Å². The largest absolute Gasteiger partial charge is 0.314 e. The van der Waals surface area contributed by atoms with Crippen molar-refractivity contribution in [3.8, 4) is 10.7 Å². The van der Waals surface area contributed by atoms with Crippen molar-refractivity contribution in [1.82, 2.24) is 25.4 Å². The van der Waals surface area contributed by atoms with E-state index in [9.17, 15) is 0 Å². The van der Waals surface area contributed by atoms with Gasteiger partial charge in [0.25, 0.3) is 0 Å². The molecule has 1 fully saturated rings. The first kappa shape index (κ1) is 11.7. The van der Waals surface area contributed by atoms with Gasteiger partial charge in [0, 0.05) is 32.4 Å². The number of nitrogens with zero attached hydrogens (tertiary/aromatic N) is 4. The highest BCUT2D eigenvalue weighted by molar-refractivity contribution is 7.14. The quantitative estimate of drug-likeness (QED) is 0.893. The van der Waals surface area contributed by atoms with Crippen LogP contribution in [0.3, 0.4) is 0 Å². The Hall–Kier alpha value is -1.37. The van der Waals surface area contributed by atoms with E-state index >= 15 is 0 Å². The van der Waals surface area contributed by atoms with Gasteiger partial charge in [-0.05, 0) is 12.1 Å². The van der Waals surface area contributed by atoms with Crippen molar-refractivity contribution >= 4 is 11.3 Å². The smallest absolute Gasteiger partial charge is 0.166 e. The number of piperazine rings is 1. The molecule has 0 radical (unpaired) electrons. The molecule has 3 heterocycles. The van der Waals surface area contributed by atoms with E-state index in [4.69, 9.17) is 0 Å². The minimum Gasteiger partial charge on any atom is -0.314 e. The maximum absolute atomic E-state index is 4.29. The molecule has 1 N–H and O–H groups in total. The molecule has 2 aromatic heterocycles. The van der Waals surface area contributed by atoms with E-state index in [-0.39, 0.29) is 0 Å². The highest BCUT2D eigenvalue weighted by Crippen LogP contribution is 2.21. The van der Waals surface area contributed by atoms with Gasteiger partial charge >= 0.3 is 0 Å². The first-order chi connectivity index (χ1) is 8.92. The first-order valence-electron chi connectivity index (χ1n) is 6.09. The van der Waals surface area contributed by atoms with Gasteiger partial charge in [0.15, 0.2) is 5.01 Å². The van der Waals surface area contributed by atoms with Crippen molar-refractivity contribution in [1.29, 1.82) is 0 Å². The van der Waals surface area contributed by atoms with Crippen LogP contribution in [-0.2, 0) is 6.54 Å². The first-order valence-corrected chi connectivity index (χ1v) is 6.90. The number of nitrogens with one attached hydrogen (secondary N) is 1. The van der Waals surface area contributed by atoms with Gasteiger partial charge in [0.2, 0.25) is 0 Å². The highest BCUT2D eigenvalue weighted by Gasteiger charge is 2.13. The second-order valence-electron chi connectivity index (χ2n) is 4.24. The summed E-state index contributed by atoms with van der Waals surface area (Å²) in [6.45, 7) is 5.18. The Kier molecular flexibility index (Phi) is 3.59. The van der Waals surface area contributed by atoms with Gasteiger partial charge in [0.1, 0.15) is 10.7 Å². The molecular formula is C12H15N5S. The average Bonchev–Trinajstić information content (AvgIpc) is 2.89. The van der Waals surface area contributed by atoms with Crippen molar-refractivity contribution in [2.75, 3.05) is 26.2 Å². The Bertz CT molecular complexity index is 492. The third kappa shape index (κ3) is 2.72. The Balaban J connectivity index is 1.69. The summed E-state index contributed by atoms with van der Waals surface area (Å²) in [7, 11) is 0. The number of hydrogen-bond acceptors (Lipinski definition) is 6. The monoisotopic (exact) mass is 261 g/mol. The summed E-state index contributed by atoms with van der Waals surface area (Å²) in [5.74, 6) is 0. The average molecular weight is 261 g/mol. The summed E-state index contributed by atoms with van der Waals surface area (Å²) in [4.78, 5) is 6.70. The topological polar surface area (TPSA) is 53.9 Å². The Labute approximate surface area is 110 Å². The van der Waals surface area contributed by atoms with Crippen molar-refractivity contribution < 1.29 is 0 Å². The minimum atomic E-state index is 0.895. The van der Waals surface area contributed by atoms with Gasteiger partial charge in [-0.2, -0.15) is 0 Å². The zero-order valence-corrected chi connectivity index (χ0v) is 10.9. The molecule has 0 spiro atoms. The molecule has 1 aliphatic rings. The SMILES string of the molecule is c1ccc(-c2nnc(CN3CCNCC3)s2)nc1. The highest BCUT2D eigenvalue weighted by atomic mass is 32.1. The molecule has 18 heavy (non-hydrogen) atoms. The third-order valence-corrected chi connectivity index (χ3v) is 3.85. The molecule has 2 aromatic rings. The maximum atomic E-state index is 4.29. The molecule has 0 saturated carbocycles. The van der Waals surface area contributed by atoms with Crippen LogP contribution in [0, 0.1) is 0 Å². The van der Waals surface area contributed by atoms with E-state index < -0.39 is 0 Å². The lowest BCUT2D eigenvalue weighted by Crippen LogP contribution is -2.42. The zero-order valence-electron chi connectivity index (χ0n) is 10.0. The summed E-state index contributed by atoms with van der Waals surface area (Å²) in [6.07, 6.45) is 1.78. The van der Waals surface area contributed by atoms with Crippen LogP contribution in [0.4, 0.5) is 0 Å². The van der Waals surface area contributed by atoms with Crippen LogP contribution >= 0.6 is 11.3 Å². The lowest BCUT2D eigenvalue weighted by atomic mass is 10.4. The van der Waals surface area contributed by atoms with E-state index in [1.165, 1.54) is 0 Å². The van der Waals surface area contributed by atoms with E-state index in [1.807, 2.05) is 18.2 Å². The van der Waals surface area contributed by atoms with Crippen LogP contribution in [-0.4, -0.2) is 46.3 Å². The normalized spacial score (nSPS) is 16.9. The molecule has 6 heteroatoms. The predicted octanol–water partition coefficient (Wildman–Crippen LogP) is 1.01. The van der Waals surface area contributed by atoms with E-state index in [0.717, 1.165) is 48.4 Å². The Morgan fingerprint density at radius 3 is 2.89 bits per heavy atom. The molecular weight excluding hydrogens is 246 g/mol. The standard InChI is InChI=1S/C12H15N5S/c1-2-4-14-10(3-1)12-16-15-11(18-12)9-17-7-5-13-6-8-17/h1-4,13H,5-9H2. The maximum Gasteiger partial charge on any atom is 0.166 e. The van der Waals surface area contributed by atoms with Crippen molar-refractivity contribution in [3.05, 3.63) is 29.4 Å². The Morgan fingerprint density at radius 2 is 2.11 bits per heavy atom. The van der Waals surface area contributed by atoms with Crippen LogP contribution in [0.15, 0.2) is 24.4 Å². The molecule has 0 aromatic carbocycles. The fourth-order valence-corrected chi connectivity index (χ4v) is 2.83. The number of pyridine rings is 1. The van der Waals surface area contributed by atoms with Crippen LogP contribution < -0.4 is 5.32 Å². The van der Waals surface area contributed by atoms with Gasteiger partial charge in [-0.15, -0.1) is 10.2 Å². The van der Waals surface area contributed by atoms with Gasteiger partial charge in [-0.1, -0.05) is 17.4 Å². The summed E-state index contributed by atoms with van der Waals surface area (Å²) < 4.78 is 0. The summed E-state index contributed by atoms with van der Waals surface area (Å²) in [5.41, 5.74) is 0.904. The van der Waals surface area contributed by atoms with Gasteiger partial charge in [-0.3, -0.25) is 9.88 Å². The summed E-state index contributed by atoms with van der Waals surface area (Å²) >= 11 is 1.63. The number of hydrogen-bond donors (Lipinski definition) is 1. The molecule has 0 unspecified atom stereocenters. The van der Waals surface area contributed by atoms with Crippen LogP contribution in [0.1, 0.15) is 5.01 Å². The third-order valence-electron chi connectivity index (χ3n) is 2.92. The summed E-state index contributed by atoms with van der Waals surface area (Å²) in [5, 5.41) is 13.8. The summed E-state index contributed by atoms with van der Waals surface area (Å²) in [6, 6.07) is 5.85. The molecule has 0 amide bonds. The molecule has 5 nitrogen and oxygen atoms in total. The number of rotatable bonds is 3. The lowest BCUT2D eigenvalue weighted by Gasteiger charge is -2.25. The molecule has 0 aliphatic carbocycles. The fraction of sp³-hybridized carbons (Fsp3) is 0.417.